The maximum atomic E-state index is 9.67. The van der Waals surface area contributed by atoms with Crippen molar-refractivity contribution in [2.45, 2.75) is 83.3 Å². The molecule has 3 heteroatoms. The van der Waals surface area contributed by atoms with Crippen LogP contribution in [0.25, 0.3) is 0 Å². The molecule has 1 saturated heterocycles. The average molecular weight is 277 g/mol. The first-order chi connectivity index (χ1) is 9.62. The summed E-state index contributed by atoms with van der Waals surface area (Å²) < 4.78 is 0. The van der Waals surface area contributed by atoms with E-state index in [4.69, 9.17) is 0 Å². The van der Waals surface area contributed by atoms with Crippen molar-refractivity contribution in [3.8, 4) is 6.07 Å². The highest BCUT2D eigenvalue weighted by molar-refractivity contribution is 5.11. The van der Waals surface area contributed by atoms with E-state index in [9.17, 15) is 5.26 Å². The molecule has 2 rings (SSSR count). The molecule has 0 aromatic heterocycles. The first-order valence-corrected chi connectivity index (χ1v) is 8.54. The van der Waals surface area contributed by atoms with Crippen LogP contribution in [0.3, 0.4) is 0 Å². The molecule has 2 fully saturated rings. The Balaban J connectivity index is 2.04. The summed E-state index contributed by atoms with van der Waals surface area (Å²) in [6.45, 7) is 9.07. The first-order valence-electron chi connectivity index (χ1n) is 8.54. The Kier molecular flexibility index (Phi) is 5.46. The molecule has 0 aromatic rings. The molecule has 0 bridgehead atoms. The van der Waals surface area contributed by atoms with Gasteiger partial charge in [0.2, 0.25) is 0 Å². The van der Waals surface area contributed by atoms with Crippen LogP contribution in [-0.4, -0.2) is 35.6 Å². The smallest absolute Gasteiger partial charge is 0.108 e. The van der Waals surface area contributed by atoms with Crippen molar-refractivity contribution in [1.29, 1.82) is 5.26 Å². The van der Waals surface area contributed by atoms with E-state index >= 15 is 0 Å². The fourth-order valence-electron chi connectivity index (χ4n) is 4.18. The summed E-state index contributed by atoms with van der Waals surface area (Å²) in [5.74, 6) is 0.736. The molecule has 0 spiro atoms. The van der Waals surface area contributed by atoms with Crippen LogP contribution in [0.1, 0.15) is 65.7 Å². The second-order valence-corrected chi connectivity index (χ2v) is 7.06. The first kappa shape index (κ1) is 15.8. The zero-order valence-corrected chi connectivity index (χ0v) is 13.5. The van der Waals surface area contributed by atoms with Gasteiger partial charge < -0.3 is 0 Å². The molecule has 0 aromatic carbocycles. The Morgan fingerprint density at radius 1 is 1.35 bits per heavy atom. The van der Waals surface area contributed by atoms with Crippen LogP contribution in [-0.2, 0) is 0 Å². The fourth-order valence-corrected chi connectivity index (χ4v) is 4.18. The molecule has 1 heterocycles. The molecule has 3 unspecified atom stereocenters. The lowest BCUT2D eigenvalue weighted by Crippen LogP contribution is -2.54. The Morgan fingerprint density at radius 2 is 2.15 bits per heavy atom. The topological polar surface area (TPSA) is 39.1 Å². The molecule has 1 saturated carbocycles. The molecule has 114 valence electrons. The number of hydrogen-bond donors (Lipinski definition) is 1. The number of nitriles is 1. The average Bonchev–Trinajstić information content (AvgIpc) is 2.95. The standard InChI is InChI=1S/C17H31N3/c1-4-10-19-17(13-18)9-5-7-15(12-17)20-11-6-8-16(20)14(2)3/h14-16,19H,4-12H2,1-3H3. The van der Waals surface area contributed by atoms with Crippen molar-refractivity contribution in [2.75, 3.05) is 13.1 Å². The highest BCUT2D eigenvalue weighted by atomic mass is 15.2. The Bertz CT molecular complexity index is 347. The van der Waals surface area contributed by atoms with Crippen LogP contribution < -0.4 is 5.32 Å². The van der Waals surface area contributed by atoms with Crippen molar-refractivity contribution in [1.82, 2.24) is 10.2 Å². The fraction of sp³-hybridized carbons (Fsp3) is 0.941. The molecule has 2 aliphatic rings. The highest BCUT2D eigenvalue weighted by Crippen LogP contribution is 2.36. The number of nitrogens with one attached hydrogen (secondary N) is 1. The van der Waals surface area contributed by atoms with Gasteiger partial charge in [0.15, 0.2) is 0 Å². The quantitative estimate of drug-likeness (QED) is 0.838. The SMILES string of the molecule is CCCNC1(C#N)CCCC(N2CCCC2C(C)C)C1. The Morgan fingerprint density at radius 3 is 2.80 bits per heavy atom. The van der Waals surface area contributed by atoms with Gasteiger partial charge in [-0.1, -0.05) is 20.8 Å². The third kappa shape index (κ3) is 3.35. The van der Waals surface area contributed by atoms with Crippen LogP contribution in [0, 0.1) is 17.2 Å². The zero-order valence-electron chi connectivity index (χ0n) is 13.5. The van der Waals surface area contributed by atoms with Gasteiger partial charge in [0.05, 0.1) is 6.07 Å². The molecular weight excluding hydrogens is 246 g/mol. The van der Waals surface area contributed by atoms with E-state index in [1.54, 1.807) is 0 Å². The monoisotopic (exact) mass is 277 g/mol. The molecule has 1 N–H and O–H groups in total. The number of hydrogen-bond acceptors (Lipinski definition) is 3. The molecular formula is C17H31N3. The van der Waals surface area contributed by atoms with E-state index in [0.717, 1.165) is 37.8 Å². The van der Waals surface area contributed by atoms with Gasteiger partial charge in [0, 0.05) is 12.1 Å². The van der Waals surface area contributed by atoms with Gasteiger partial charge in [-0.15, -0.1) is 0 Å². The van der Waals surface area contributed by atoms with E-state index in [1.807, 2.05) is 0 Å². The van der Waals surface area contributed by atoms with Crippen LogP contribution in [0.5, 0.6) is 0 Å². The van der Waals surface area contributed by atoms with Crippen molar-refractivity contribution in [3.05, 3.63) is 0 Å². The maximum absolute atomic E-state index is 9.67. The minimum atomic E-state index is -0.261. The van der Waals surface area contributed by atoms with E-state index in [-0.39, 0.29) is 5.54 Å². The van der Waals surface area contributed by atoms with Gasteiger partial charge in [-0.3, -0.25) is 10.2 Å². The van der Waals surface area contributed by atoms with Gasteiger partial charge in [0.1, 0.15) is 5.54 Å². The minimum absolute atomic E-state index is 0.261. The predicted molar refractivity (Wildman–Crippen MR) is 83.5 cm³/mol. The van der Waals surface area contributed by atoms with Crippen molar-refractivity contribution < 1.29 is 0 Å². The second-order valence-electron chi connectivity index (χ2n) is 7.06. The zero-order chi connectivity index (χ0) is 14.6. The van der Waals surface area contributed by atoms with Gasteiger partial charge >= 0.3 is 0 Å². The lowest BCUT2D eigenvalue weighted by molar-refractivity contribution is 0.0897. The normalized spacial score (nSPS) is 35.4. The number of nitrogens with zero attached hydrogens (tertiary/aromatic N) is 2. The molecule has 1 aliphatic heterocycles. The largest absolute Gasteiger partial charge is 0.299 e. The van der Waals surface area contributed by atoms with Crippen LogP contribution in [0.4, 0.5) is 0 Å². The van der Waals surface area contributed by atoms with E-state index in [0.29, 0.717) is 6.04 Å². The third-order valence-electron chi connectivity index (χ3n) is 5.23. The maximum Gasteiger partial charge on any atom is 0.108 e. The van der Waals surface area contributed by atoms with Crippen LogP contribution in [0.2, 0.25) is 0 Å². The molecule has 3 atom stereocenters. The summed E-state index contributed by atoms with van der Waals surface area (Å²) in [6.07, 6.45) is 8.30. The van der Waals surface area contributed by atoms with Gasteiger partial charge in [-0.05, 0) is 64.0 Å². The molecule has 0 amide bonds. The number of likely N-dealkylation sites (tertiary alicyclic amines) is 1. The van der Waals surface area contributed by atoms with Gasteiger partial charge in [0.25, 0.3) is 0 Å². The lowest BCUT2D eigenvalue weighted by atomic mass is 9.78. The predicted octanol–water partition coefficient (Wildman–Crippen LogP) is 3.31. The summed E-state index contributed by atoms with van der Waals surface area (Å²) in [6, 6.07) is 3.96. The summed E-state index contributed by atoms with van der Waals surface area (Å²) in [5.41, 5.74) is -0.261. The van der Waals surface area contributed by atoms with E-state index < -0.39 is 0 Å². The summed E-state index contributed by atoms with van der Waals surface area (Å²) in [5, 5.41) is 13.2. The Labute approximate surface area is 124 Å². The van der Waals surface area contributed by atoms with Crippen molar-refractivity contribution >= 4 is 0 Å². The summed E-state index contributed by atoms with van der Waals surface area (Å²) in [7, 11) is 0. The lowest BCUT2D eigenvalue weighted by Gasteiger charge is -2.43. The van der Waals surface area contributed by atoms with E-state index in [1.165, 1.54) is 32.2 Å². The minimum Gasteiger partial charge on any atom is -0.299 e. The van der Waals surface area contributed by atoms with E-state index in [2.05, 4.69) is 37.1 Å². The number of rotatable bonds is 5. The summed E-state index contributed by atoms with van der Waals surface area (Å²) in [4.78, 5) is 2.73. The van der Waals surface area contributed by atoms with Crippen molar-refractivity contribution in [3.63, 3.8) is 0 Å². The van der Waals surface area contributed by atoms with Crippen molar-refractivity contribution in [2.24, 2.45) is 5.92 Å². The van der Waals surface area contributed by atoms with Crippen LogP contribution >= 0.6 is 0 Å². The Hall–Kier alpha value is -0.590. The third-order valence-corrected chi connectivity index (χ3v) is 5.23. The van der Waals surface area contributed by atoms with Gasteiger partial charge in [-0.2, -0.15) is 5.26 Å². The molecule has 20 heavy (non-hydrogen) atoms. The molecule has 0 radical (unpaired) electrons. The highest BCUT2D eigenvalue weighted by Gasteiger charge is 2.41. The summed E-state index contributed by atoms with van der Waals surface area (Å²) >= 11 is 0. The molecule has 3 nitrogen and oxygen atoms in total. The second kappa shape index (κ2) is 6.91. The molecule has 1 aliphatic carbocycles. The van der Waals surface area contributed by atoms with Gasteiger partial charge in [-0.25, -0.2) is 0 Å². The van der Waals surface area contributed by atoms with Crippen LogP contribution in [0.15, 0.2) is 0 Å².